The maximum atomic E-state index is 11.4. The molecule has 0 saturated carbocycles. The number of rotatable bonds is 4. The Labute approximate surface area is 149 Å². The first-order chi connectivity index (χ1) is 12.1. The first-order valence-corrected chi connectivity index (χ1v) is 8.90. The summed E-state index contributed by atoms with van der Waals surface area (Å²) in [7, 11) is 0. The molecule has 1 amide bonds. The number of hydrogen-bond acceptors (Lipinski definition) is 4. The Balaban J connectivity index is 1.62. The van der Waals surface area contributed by atoms with Crippen molar-refractivity contribution in [1.29, 1.82) is 0 Å². The van der Waals surface area contributed by atoms with E-state index in [9.17, 15) is 4.79 Å². The highest BCUT2D eigenvalue weighted by Crippen LogP contribution is 2.25. The monoisotopic (exact) mass is 338 g/mol. The maximum absolute atomic E-state index is 11.4. The predicted octanol–water partition coefficient (Wildman–Crippen LogP) is 3.37. The van der Waals surface area contributed by atoms with Crippen LogP contribution < -0.4 is 15.1 Å². The molecular formula is C20H26N4O. The third kappa shape index (κ3) is 3.92. The second-order valence-electron chi connectivity index (χ2n) is 6.50. The molecule has 0 unspecified atom stereocenters. The van der Waals surface area contributed by atoms with Gasteiger partial charge in [0, 0.05) is 38.3 Å². The van der Waals surface area contributed by atoms with Gasteiger partial charge < -0.3 is 15.1 Å². The second-order valence-corrected chi connectivity index (χ2v) is 6.50. The predicted molar refractivity (Wildman–Crippen MR) is 103 cm³/mol. The van der Waals surface area contributed by atoms with Crippen molar-refractivity contribution in [3.8, 4) is 0 Å². The molecule has 1 aliphatic heterocycles. The lowest BCUT2D eigenvalue weighted by Gasteiger charge is -2.37. The Bertz CT molecular complexity index is 734. The number of anilines is 3. The summed E-state index contributed by atoms with van der Waals surface area (Å²) in [4.78, 5) is 20.7. The molecule has 132 valence electrons. The number of amides is 1. The Morgan fingerprint density at radius 3 is 2.44 bits per heavy atom. The number of nitrogens with one attached hydrogen (secondary N) is 1. The van der Waals surface area contributed by atoms with Crippen LogP contribution in [0.3, 0.4) is 0 Å². The van der Waals surface area contributed by atoms with Crippen molar-refractivity contribution in [2.75, 3.05) is 41.3 Å². The summed E-state index contributed by atoms with van der Waals surface area (Å²) >= 11 is 0. The summed E-state index contributed by atoms with van der Waals surface area (Å²) in [6.07, 6.45) is 2.21. The van der Waals surface area contributed by atoms with Gasteiger partial charge in [-0.3, -0.25) is 4.79 Å². The van der Waals surface area contributed by atoms with Gasteiger partial charge in [-0.15, -0.1) is 0 Å². The third-order valence-electron chi connectivity index (χ3n) is 4.87. The summed E-state index contributed by atoms with van der Waals surface area (Å²) in [5.74, 6) is 0.979. The SMILES string of the molecule is CCC(=O)Nc1ccc(N2CCN(c3cccc(C)c3C)CC2)nc1. The summed E-state index contributed by atoms with van der Waals surface area (Å²) in [6.45, 7) is 10.1. The third-order valence-corrected chi connectivity index (χ3v) is 4.87. The van der Waals surface area contributed by atoms with Gasteiger partial charge in [0.2, 0.25) is 5.91 Å². The van der Waals surface area contributed by atoms with Crippen LogP contribution in [0.25, 0.3) is 0 Å². The smallest absolute Gasteiger partial charge is 0.224 e. The molecule has 3 rings (SSSR count). The summed E-state index contributed by atoms with van der Waals surface area (Å²) < 4.78 is 0. The number of hydrogen-bond donors (Lipinski definition) is 1. The number of carbonyl (C=O) groups excluding carboxylic acids is 1. The van der Waals surface area contributed by atoms with E-state index in [1.54, 1.807) is 6.20 Å². The van der Waals surface area contributed by atoms with E-state index in [2.05, 4.69) is 52.1 Å². The first-order valence-electron chi connectivity index (χ1n) is 8.90. The summed E-state index contributed by atoms with van der Waals surface area (Å²) in [5.41, 5.74) is 4.80. The van der Waals surface area contributed by atoms with Crippen LogP contribution in [0.15, 0.2) is 36.5 Å². The lowest BCUT2D eigenvalue weighted by molar-refractivity contribution is -0.115. The molecule has 2 aromatic rings. The van der Waals surface area contributed by atoms with Crippen molar-refractivity contribution in [3.63, 3.8) is 0 Å². The molecule has 1 N–H and O–H groups in total. The Kier molecular flexibility index (Phi) is 5.22. The fourth-order valence-corrected chi connectivity index (χ4v) is 3.15. The molecule has 1 aliphatic rings. The number of piperazine rings is 1. The quantitative estimate of drug-likeness (QED) is 0.928. The van der Waals surface area contributed by atoms with Gasteiger partial charge in [0.05, 0.1) is 11.9 Å². The van der Waals surface area contributed by atoms with Crippen molar-refractivity contribution in [2.45, 2.75) is 27.2 Å². The number of benzene rings is 1. The molecule has 5 nitrogen and oxygen atoms in total. The Hall–Kier alpha value is -2.56. The molecule has 0 aliphatic carbocycles. The standard InChI is InChI=1S/C20H26N4O/c1-4-20(25)22-17-8-9-19(21-14-17)24-12-10-23(11-13-24)18-7-5-6-15(2)16(18)3/h5-9,14H,4,10-13H2,1-3H3,(H,22,25). The zero-order valence-electron chi connectivity index (χ0n) is 15.2. The highest BCUT2D eigenvalue weighted by atomic mass is 16.1. The van der Waals surface area contributed by atoms with E-state index in [0.717, 1.165) is 37.7 Å². The molecule has 5 heteroatoms. The minimum Gasteiger partial charge on any atom is -0.368 e. The van der Waals surface area contributed by atoms with Crippen molar-refractivity contribution >= 4 is 23.1 Å². The van der Waals surface area contributed by atoms with Crippen LogP contribution in [0.5, 0.6) is 0 Å². The molecule has 25 heavy (non-hydrogen) atoms. The van der Waals surface area contributed by atoms with E-state index >= 15 is 0 Å². The fraction of sp³-hybridized carbons (Fsp3) is 0.400. The Morgan fingerprint density at radius 2 is 1.80 bits per heavy atom. The zero-order chi connectivity index (χ0) is 17.8. The number of nitrogens with zero attached hydrogens (tertiary/aromatic N) is 3. The van der Waals surface area contributed by atoms with E-state index in [1.165, 1.54) is 16.8 Å². The van der Waals surface area contributed by atoms with Crippen LogP contribution in [0, 0.1) is 13.8 Å². The van der Waals surface area contributed by atoms with Crippen LogP contribution in [0.2, 0.25) is 0 Å². The normalized spacial score (nSPS) is 14.5. The number of aromatic nitrogens is 1. The molecule has 0 spiro atoms. The van der Waals surface area contributed by atoms with Gasteiger partial charge in [-0.05, 0) is 43.2 Å². The minimum absolute atomic E-state index is 0.0108. The summed E-state index contributed by atoms with van der Waals surface area (Å²) in [5, 5.41) is 2.83. The van der Waals surface area contributed by atoms with Crippen molar-refractivity contribution in [3.05, 3.63) is 47.7 Å². The molecule has 1 aromatic carbocycles. The molecule has 2 heterocycles. The molecular weight excluding hydrogens is 312 g/mol. The molecule has 1 saturated heterocycles. The molecule has 1 fully saturated rings. The second kappa shape index (κ2) is 7.55. The topological polar surface area (TPSA) is 48.5 Å². The maximum Gasteiger partial charge on any atom is 0.224 e. The molecule has 0 radical (unpaired) electrons. The molecule has 0 bridgehead atoms. The van der Waals surface area contributed by atoms with Crippen LogP contribution in [0.1, 0.15) is 24.5 Å². The van der Waals surface area contributed by atoms with Crippen LogP contribution in [-0.4, -0.2) is 37.1 Å². The largest absolute Gasteiger partial charge is 0.368 e. The van der Waals surface area contributed by atoms with E-state index in [0.29, 0.717) is 6.42 Å². The van der Waals surface area contributed by atoms with Gasteiger partial charge >= 0.3 is 0 Å². The fourth-order valence-electron chi connectivity index (χ4n) is 3.15. The number of carbonyl (C=O) groups is 1. The van der Waals surface area contributed by atoms with Gasteiger partial charge in [0.1, 0.15) is 5.82 Å². The summed E-state index contributed by atoms with van der Waals surface area (Å²) in [6, 6.07) is 10.4. The minimum atomic E-state index is 0.0108. The molecule has 1 aromatic heterocycles. The van der Waals surface area contributed by atoms with Crippen LogP contribution in [-0.2, 0) is 4.79 Å². The Morgan fingerprint density at radius 1 is 1.08 bits per heavy atom. The number of aryl methyl sites for hydroxylation is 1. The van der Waals surface area contributed by atoms with E-state index in [-0.39, 0.29) is 5.91 Å². The van der Waals surface area contributed by atoms with Gasteiger partial charge in [-0.25, -0.2) is 4.98 Å². The van der Waals surface area contributed by atoms with E-state index in [1.807, 2.05) is 19.1 Å². The average molecular weight is 338 g/mol. The highest BCUT2D eigenvalue weighted by Gasteiger charge is 2.19. The lowest BCUT2D eigenvalue weighted by Crippen LogP contribution is -2.47. The van der Waals surface area contributed by atoms with Gasteiger partial charge in [0.15, 0.2) is 0 Å². The lowest BCUT2D eigenvalue weighted by atomic mass is 10.1. The van der Waals surface area contributed by atoms with E-state index in [4.69, 9.17) is 0 Å². The van der Waals surface area contributed by atoms with Crippen molar-refractivity contribution in [1.82, 2.24) is 4.98 Å². The van der Waals surface area contributed by atoms with E-state index < -0.39 is 0 Å². The van der Waals surface area contributed by atoms with Crippen molar-refractivity contribution < 1.29 is 4.79 Å². The highest BCUT2D eigenvalue weighted by molar-refractivity contribution is 5.90. The zero-order valence-corrected chi connectivity index (χ0v) is 15.2. The van der Waals surface area contributed by atoms with Crippen LogP contribution in [0.4, 0.5) is 17.2 Å². The van der Waals surface area contributed by atoms with Gasteiger partial charge in [-0.2, -0.15) is 0 Å². The molecule has 0 atom stereocenters. The van der Waals surface area contributed by atoms with Crippen molar-refractivity contribution in [2.24, 2.45) is 0 Å². The number of pyridine rings is 1. The van der Waals surface area contributed by atoms with Gasteiger partial charge in [0.25, 0.3) is 0 Å². The first kappa shape index (κ1) is 17.3. The van der Waals surface area contributed by atoms with Gasteiger partial charge in [-0.1, -0.05) is 19.1 Å². The average Bonchev–Trinajstić information content (AvgIpc) is 2.65. The van der Waals surface area contributed by atoms with Crippen LogP contribution >= 0.6 is 0 Å².